The molecule has 190 valence electrons. The zero-order chi connectivity index (χ0) is 26.9. The van der Waals surface area contributed by atoms with Crippen molar-refractivity contribution >= 4 is 83.9 Å². The summed E-state index contributed by atoms with van der Waals surface area (Å²) in [6, 6.07) is 15.6. The van der Waals surface area contributed by atoms with Crippen LogP contribution in [0.2, 0.25) is 0 Å². The molecule has 0 bridgehead atoms. The van der Waals surface area contributed by atoms with Crippen LogP contribution in [-0.2, 0) is 12.0 Å². The molecule has 4 rings (SSSR count). The molecule has 0 radical (unpaired) electrons. The van der Waals surface area contributed by atoms with Gasteiger partial charge in [0.25, 0.3) is 11.2 Å². The van der Waals surface area contributed by atoms with Crippen molar-refractivity contribution in [2.24, 2.45) is 5.10 Å². The molecular formula is C26H21BrI2N4O4. The first-order valence-electron chi connectivity index (χ1n) is 11.1. The summed E-state index contributed by atoms with van der Waals surface area (Å²) in [7, 11) is 0. The highest BCUT2D eigenvalue weighted by atomic mass is 127. The van der Waals surface area contributed by atoms with Crippen LogP contribution < -0.4 is 10.3 Å². The van der Waals surface area contributed by atoms with Crippen molar-refractivity contribution in [3.63, 3.8) is 0 Å². The molecule has 0 N–H and O–H groups in total. The molecule has 8 nitrogen and oxygen atoms in total. The second kappa shape index (κ2) is 11.2. The van der Waals surface area contributed by atoms with Gasteiger partial charge in [0.1, 0.15) is 18.2 Å². The maximum absolute atomic E-state index is 13.4. The molecule has 0 fully saturated rings. The number of hydrogen-bond acceptors (Lipinski definition) is 6. The molecule has 0 aliphatic heterocycles. The smallest absolute Gasteiger partial charge is 0.282 e. The molecule has 0 unspecified atom stereocenters. The van der Waals surface area contributed by atoms with E-state index in [4.69, 9.17) is 9.72 Å². The standard InChI is InChI=1S/C26H21BrI2N4O4/c1-26(2,3)25-31-22-9-6-17(27)12-19(22)24(34)32(25)30-13-16-10-20(28)23(21(29)11-16)37-14-15-4-7-18(8-5-15)33(35)36/h4-13H,14H2,1-3H3. The predicted octanol–water partition coefficient (Wildman–Crippen LogP) is 7.04. The van der Waals surface area contributed by atoms with Crippen LogP contribution >= 0.6 is 61.1 Å². The molecule has 0 saturated carbocycles. The molecule has 3 aromatic carbocycles. The Labute approximate surface area is 248 Å². The largest absolute Gasteiger partial charge is 0.487 e. The van der Waals surface area contributed by atoms with E-state index in [1.807, 2.05) is 45.0 Å². The lowest BCUT2D eigenvalue weighted by molar-refractivity contribution is -0.384. The molecule has 0 aliphatic carbocycles. The molecule has 37 heavy (non-hydrogen) atoms. The minimum atomic E-state index is -0.428. The van der Waals surface area contributed by atoms with Gasteiger partial charge in [-0.3, -0.25) is 14.9 Å². The third-order valence-corrected chi connectivity index (χ3v) is 7.45. The summed E-state index contributed by atoms with van der Waals surface area (Å²) in [6.07, 6.45) is 1.65. The van der Waals surface area contributed by atoms with Crippen LogP contribution in [0.3, 0.4) is 0 Å². The van der Waals surface area contributed by atoms with E-state index in [2.05, 4.69) is 66.2 Å². The maximum atomic E-state index is 13.4. The second-order valence-corrected chi connectivity index (χ2v) is 12.5. The molecule has 0 aliphatic rings. The Bertz CT molecular complexity index is 1570. The van der Waals surface area contributed by atoms with Crippen molar-refractivity contribution < 1.29 is 9.66 Å². The normalized spacial score (nSPS) is 11.8. The van der Waals surface area contributed by atoms with Crippen LogP contribution in [-0.4, -0.2) is 20.8 Å². The first-order chi connectivity index (χ1) is 17.4. The molecule has 11 heteroatoms. The van der Waals surface area contributed by atoms with Crippen LogP contribution in [0.4, 0.5) is 5.69 Å². The summed E-state index contributed by atoms with van der Waals surface area (Å²) in [5.74, 6) is 1.28. The zero-order valence-corrected chi connectivity index (χ0v) is 25.9. The molecule has 1 aromatic heterocycles. The van der Waals surface area contributed by atoms with Crippen LogP contribution in [0.5, 0.6) is 5.75 Å². The van der Waals surface area contributed by atoms with Crippen molar-refractivity contribution in [1.82, 2.24) is 9.66 Å². The average molecular weight is 787 g/mol. The van der Waals surface area contributed by atoms with Gasteiger partial charge in [0, 0.05) is 22.0 Å². The number of fused-ring (bicyclic) bond motifs is 1. The number of nitrogens with zero attached hydrogens (tertiary/aromatic N) is 4. The quantitative estimate of drug-likeness (QED) is 0.0905. The highest BCUT2D eigenvalue weighted by Gasteiger charge is 2.23. The van der Waals surface area contributed by atoms with E-state index in [0.29, 0.717) is 22.5 Å². The van der Waals surface area contributed by atoms with Gasteiger partial charge in [0.15, 0.2) is 0 Å². The first-order valence-corrected chi connectivity index (χ1v) is 14.0. The van der Waals surface area contributed by atoms with Gasteiger partial charge in [0.05, 0.1) is 29.2 Å². The predicted molar refractivity (Wildman–Crippen MR) is 165 cm³/mol. The van der Waals surface area contributed by atoms with E-state index < -0.39 is 10.3 Å². The summed E-state index contributed by atoms with van der Waals surface area (Å²) < 4.78 is 9.93. The monoisotopic (exact) mass is 786 g/mol. The second-order valence-electron chi connectivity index (χ2n) is 9.23. The molecule has 0 saturated heterocycles. The molecule has 4 aromatic rings. The fraction of sp³-hybridized carbons (Fsp3) is 0.192. The Kier molecular flexibility index (Phi) is 8.33. The number of hydrogen-bond donors (Lipinski definition) is 0. The van der Waals surface area contributed by atoms with Crippen molar-refractivity contribution in [3.05, 3.63) is 104 Å². The lowest BCUT2D eigenvalue weighted by atomic mass is 9.95. The number of nitro benzene ring substituents is 1. The Hall–Kier alpha value is -2.39. The number of rotatable bonds is 6. The lowest BCUT2D eigenvalue weighted by Crippen LogP contribution is -2.29. The van der Waals surface area contributed by atoms with Gasteiger partial charge < -0.3 is 4.74 Å². The number of aromatic nitrogens is 2. The molecule has 0 atom stereocenters. The lowest BCUT2D eigenvalue weighted by Gasteiger charge is -2.21. The van der Waals surface area contributed by atoms with Crippen molar-refractivity contribution in [2.75, 3.05) is 0 Å². The fourth-order valence-corrected chi connectivity index (χ4v) is 6.02. The summed E-state index contributed by atoms with van der Waals surface area (Å²) in [5.41, 5.74) is 1.66. The highest BCUT2D eigenvalue weighted by molar-refractivity contribution is 14.1. The topological polar surface area (TPSA) is 99.6 Å². The van der Waals surface area contributed by atoms with E-state index in [0.717, 1.165) is 22.7 Å². The molecular weight excluding hydrogens is 766 g/mol. The van der Waals surface area contributed by atoms with Crippen LogP contribution in [0, 0.1) is 17.3 Å². The third-order valence-electron chi connectivity index (χ3n) is 5.35. The third kappa shape index (κ3) is 6.37. The highest BCUT2D eigenvalue weighted by Crippen LogP contribution is 2.30. The van der Waals surface area contributed by atoms with Crippen LogP contribution in [0.1, 0.15) is 37.7 Å². The van der Waals surface area contributed by atoms with Crippen molar-refractivity contribution in [3.8, 4) is 5.75 Å². The summed E-state index contributed by atoms with van der Waals surface area (Å²) in [4.78, 5) is 28.5. The number of halogens is 3. The average Bonchev–Trinajstić information content (AvgIpc) is 2.83. The molecule has 0 spiro atoms. The fourth-order valence-electron chi connectivity index (χ4n) is 3.53. The van der Waals surface area contributed by atoms with Gasteiger partial charge in [0.2, 0.25) is 0 Å². The van der Waals surface area contributed by atoms with Gasteiger partial charge in [-0.25, -0.2) is 4.98 Å². The Morgan fingerprint density at radius 2 is 1.76 bits per heavy atom. The number of non-ortho nitro benzene ring substituents is 1. The van der Waals surface area contributed by atoms with E-state index in [9.17, 15) is 14.9 Å². The van der Waals surface area contributed by atoms with Gasteiger partial charge in [-0.2, -0.15) is 9.78 Å². The minimum absolute atomic E-state index is 0.0412. The van der Waals surface area contributed by atoms with E-state index >= 15 is 0 Å². The van der Waals surface area contributed by atoms with Crippen molar-refractivity contribution in [1.29, 1.82) is 0 Å². The summed E-state index contributed by atoms with van der Waals surface area (Å²) in [6.45, 7) is 6.26. The number of ether oxygens (including phenoxy) is 1. The van der Waals surface area contributed by atoms with Crippen LogP contribution in [0.25, 0.3) is 10.9 Å². The van der Waals surface area contributed by atoms with Crippen LogP contribution in [0.15, 0.2) is 69.0 Å². The Morgan fingerprint density at radius 3 is 2.35 bits per heavy atom. The number of benzene rings is 3. The van der Waals surface area contributed by atoms with Gasteiger partial charge in [-0.1, -0.05) is 36.7 Å². The summed E-state index contributed by atoms with van der Waals surface area (Å²) >= 11 is 7.82. The van der Waals surface area contributed by atoms with Gasteiger partial charge >= 0.3 is 0 Å². The van der Waals surface area contributed by atoms with Crippen molar-refractivity contribution in [2.45, 2.75) is 32.8 Å². The van der Waals surface area contributed by atoms with E-state index in [1.165, 1.54) is 16.8 Å². The summed E-state index contributed by atoms with van der Waals surface area (Å²) in [5, 5.41) is 15.9. The van der Waals surface area contributed by atoms with Gasteiger partial charge in [-0.15, -0.1) is 0 Å². The first kappa shape index (κ1) is 27.6. The van der Waals surface area contributed by atoms with Gasteiger partial charge in [-0.05, 0) is 98.8 Å². The maximum Gasteiger partial charge on any atom is 0.282 e. The Morgan fingerprint density at radius 1 is 1.11 bits per heavy atom. The van der Waals surface area contributed by atoms with E-state index in [-0.39, 0.29) is 17.9 Å². The zero-order valence-electron chi connectivity index (χ0n) is 20.0. The molecule has 0 amide bonds. The molecule has 1 heterocycles. The minimum Gasteiger partial charge on any atom is -0.487 e. The Balaban J connectivity index is 1.64. The van der Waals surface area contributed by atoms with E-state index in [1.54, 1.807) is 24.4 Å². The SMILES string of the molecule is CC(C)(C)c1nc2ccc(Br)cc2c(=O)n1N=Cc1cc(I)c(OCc2ccc([N+](=O)[O-])cc2)c(I)c1. The number of nitro groups is 1.